The summed E-state index contributed by atoms with van der Waals surface area (Å²) >= 11 is 4.04. The lowest BCUT2D eigenvalue weighted by Gasteiger charge is -2.30. The average molecular weight is 382 g/mol. The van der Waals surface area contributed by atoms with Crippen LogP contribution in [0, 0.1) is 0 Å². The van der Waals surface area contributed by atoms with Crippen molar-refractivity contribution in [2.24, 2.45) is 11.5 Å². The maximum Gasteiger partial charge on any atom is 0.356 e. The van der Waals surface area contributed by atoms with E-state index in [2.05, 4.69) is 12.6 Å². The van der Waals surface area contributed by atoms with E-state index in [-0.39, 0.29) is 31.2 Å². The van der Waals surface area contributed by atoms with Crippen LogP contribution in [-0.4, -0.2) is 52.8 Å². The standard InChI is InChI=1S/C14H20FN3O4S.ClH/c15-14(17,13(21)22)7-9-2-1-3-10(6-9)18(5-4-16)11(8-23)12(19)20;/h1-3,6,11,23H,4-5,7-8,16-17H2,(H,19,20)(H,21,22);1H/t11-,14-;/m0./s1. The molecule has 0 radical (unpaired) electrons. The van der Waals surface area contributed by atoms with Crippen molar-refractivity contribution < 1.29 is 24.2 Å². The number of carboxylic acid groups (broad SMARTS) is 2. The summed E-state index contributed by atoms with van der Waals surface area (Å²) in [6, 6.07) is 5.31. The Balaban J connectivity index is 0.00000529. The number of nitrogens with two attached hydrogens (primary N) is 2. The van der Waals surface area contributed by atoms with E-state index in [9.17, 15) is 19.1 Å². The van der Waals surface area contributed by atoms with Crippen molar-refractivity contribution in [1.82, 2.24) is 0 Å². The number of hydrogen-bond acceptors (Lipinski definition) is 6. The third-order valence-corrected chi connectivity index (χ3v) is 3.61. The highest BCUT2D eigenvalue weighted by atomic mass is 35.5. The second kappa shape index (κ2) is 9.67. The van der Waals surface area contributed by atoms with Crippen LogP contribution in [0.1, 0.15) is 5.56 Å². The molecular formula is C14H21ClFN3O4S. The maximum absolute atomic E-state index is 13.8. The summed E-state index contributed by atoms with van der Waals surface area (Å²) in [5.41, 5.74) is 11.4. The number of alkyl halides is 1. The number of thiol groups is 1. The molecule has 0 fully saturated rings. The largest absolute Gasteiger partial charge is 0.480 e. The number of rotatable bonds is 9. The smallest absolute Gasteiger partial charge is 0.356 e. The number of carboxylic acids is 2. The van der Waals surface area contributed by atoms with Crippen molar-refractivity contribution in [2.75, 3.05) is 23.7 Å². The molecule has 0 saturated heterocycles. The molecule has 6 N–H and O–H groups in total. The van der Waals surface area contributed by atoms with E-state index in [0.717, 1.165) is 0 Å². The third-order valence-electron chi connectivity index (χ3n) is 3.26. The molecule has 2 atom stereocenters. The molecule has 0 saturated carbocycles. The zero-order chi connectivity index (χ0) is 17.6. The normalized spacial score (nSPS) is 14.2. The summed E-state index contributed by atoms with van der Waals surface area (Å²) < 4.78 is 13.8. The molecule has 0 amide bonds. The molecule has 0 aliphatic heterocycles. The van der Waals surface area contributed by atoms with Gasteiger partial charge in [0.05, 0.1) is 0 Å². The Morgan fingerprint density at radius 3 is 2.46 bits per heavy atom. The zero-order valence-electron chi connectivity index (χ0n) is 12.8. The van der Waals surface area contributed by atoms with Gasteiger partial charge in [-0.1, -0.05) is 12.1 Å². The Labute approximate surface area is 150 Å². The predicted octanol–water partition coefficient (Wildman–Crippen LogP) is 0.508. The molecule has 1 aromatic rings. The SMILES string of the molecule is Cl.NCCN(c1cccc(C[C@@](N)(F)C(=O)O)c1)[C@@H](CS)C(=O)O. The number of hydrogen-bond donors (Lipinski definition) is 5. The minimum atomic E-state index is -2.90. The van der Waals surface area contributed by atoms with Crippen LogP contribution < -0.4 is 16.4 Å². The second-order valence-electron chi connectivity index (χ2n) is 5.03. The Hall–Kier alpha value is -1.55. The molecule has 10 heteroatoms. The van der Waals surface area contributed by atoms with Crippen LogP contribution in [-0.2, 0) is 16.0 Å². The molecule has 136 valence electrons. The molecule has 24 heavy (non-hydrogen) atoms. The van der Waals surface area contributed by atoms with E-state index >= 15 is 0 Å². The van der Waals surface area contributed by atoms with Gasteiger partial charge in [0.2, 0.25) is 0 Å². The van der Waals surface area contributed by atoms with Crippen LogP contribution in [0.5, 0.6) is 0 Å². The quantitative estimate of drug-likeness (QED) is 0.311. The Morgan fingerprint density at radius 1 is 1.38 bits per heavy atom. The maximum atomic E-state index is 13.8. The molecular weight excluding hydrogens is 361 g/mol. The first-order valence-corrected chi connectivity index (χ1v) is 7.46. The fraction of sp³-hybridized carbons (Fsp3) is 0.429. The number of nitrogens with zero attached hydrogens (tertiary/aromatic N) is 1. The van der Waals surface area contributed by atoms with Gasteiger partial charge in [-0.25, -0.2) is 14.0 Å². The second-order valence-corrected chi connectivity index (χ2v) is 5.40. The van der Waals surface area contributed by atoms with Crippen LogP contribution in [0.2, 0.25) is 0 Å². The van der Waals surface area contributed by atoms with Crippen molar-refractivity contribution in [2.45, 2.75) is 18.3 Å². The fourth-order valence-corrected chi connectivity index (χ4v) is 2.48. The van der Waals surface area contributed by atoms with Gasteiger partial charge in [0.15, 0.2) is 0 Å². The summed E-state index contributed by atoms with van der Waals surface area (Å²) in [6.45, 7) is 0.462. The van der Waals surface area contributed by atoms with Crippen LogP contribution in [0.25, 0.3) is 0 Å². The predicted molar refractivity (Wildman–Crippen MR) is 94.7 cm³/mol. The van der Waals surface area contributed by atoms with Gasteiger partial charge < -0.3 is 20.8 Å². The topological polar surface area (TPSA) is 130 Å². The van der Waals surface area contributed by atoms with Crippen LogP contribution in [0.15, 0.2) is 24.3 Å². The Kier molecular flexibility index (Phi) is 9.05. The van der Waals surface area contributed by atoms with Gasteiger partial charge in [-0.2, -0.15) is 12.6 Å². The van der Waals surface area contributed by atoms with E-state index < -0.39 is 30.2 Å². The molecule has 0 unspecified atom stereocenters. The number of carbonyl (C=O) groups is 2. The molecule has 1 rings (SSSR count). The van der Waals surface area contributed by atoms with Gasteiger partial charge in [-0.05, 0) is 17.7 Å². The fourth-order valence-electron chi connectivity index (χ4n) is 2.13. The highest BCUT2D eigenvalue weighted by Crippen LogP contribution is 2.22. The lowest BCUT2D eigenvalue weighted by molar-refractivity contribution is -0.150. The van der Waals surface area contributed by atoms with Crippen molar-refractivity contribution in [3.05, 3.63) is 29.8 Å². The Morgan fingerprint density at radius 2 is 2.00 bits per heavy atom. The third kappa shape index (κ3) is 5.82. The number of anilines is 1. The molecule has 0 heterocycles. The number of aliphatic carboxylic acids is 2. The molecule has 0 bridgehead atoms. The lowest BCUT2D eigenvalue weighted by atomic mass is 10.0. The van der Waals surface area contributed by atoms with Gasteiger partial charge in [-0.3, -0.25) is 5.73 Å². The van der Waals surface area contributed by atoms with Gasteiger partial charge in [-0.15, -0.1) is 12.4 Å². The Bertz CT molecular complexity index is 577. The molecule has 0 aliphatic rings. The van der Waals surface area contributed by atoms with Crippen LogP contribution in [0.3, 0.4) is 0 Å². The zero-order valence-corrected chi connectivity index (χ0v) is 14.5. The minimum absolute atomic E-state index is 0. The van der Waals surface area contributed by atoms with Gasteiger partial charge >= 0.3 is 11.9 Å². The highest BCUT2D eigenvalue weighted by molar-refractivity contribution is 7.80. The van der Waals surface area contributed by atoms with E-state index in [4.69, 9.17) is 16.6 Å². The van der Waals surface area contributed by atoms with Crippen LogP contribution in [0.4, 0.5) is 10.1 Å². The lowest BCUT2D eigenvalue weighted by Crippen LogP contribution is -2.46. The first-order chi connectivity index (χ1) is 10.7. The van der Waals surface area contributed by atoms with Crippen molar-refractivity contribution >= 4 is 42.7 Å². The van der Waals surface area contributed by atoms with Gasteiger partial charge in [0, 0.05) is 31.0 Å². The summed E-state index contributed by atoms with van der Waals surface area (Å²) in [5, 5.41) is 18.0. The summed E-state index contributed by atoms with van der Waals surface area (Å²) in [7, 11) is 0. The van der Waals surface area contributed by atoms with Gasteiger partial charge in [0.25, 0.3) is 5.79 Å². The minimum Gasteiger partial charge on any atom is -0.480 e. The first kappa shape index (κ1) is 22.4. The number of halogens is 2. The monoisotopic (exact) mass is 381 g/mol. The summed E-state index contributed by atoms with van der Waals surface area (Å²) in [4.78, 5) is 23.6. The van der Waals surface area contributed by atoms with E-state index in [1.54, 1.807) is 12.1 Å². The van der Waals surface area contributed by atoms with E-state index in [1.165, 1.54) is 17.0 Å². The van der Waals surface area contributed by atoms with E-state index in [0.29, 0.717) is 11.3 Å². The van der Waals surface area contributed by atoms with E-state index in [1.807, 2.05) is 0 Å². The van der Waals surface area contributed by atoms with Gasteiger partial charge in [0.1, 0.15) is 6.04 Å². The summed E-state index contributed by atoms with van der Waals surface area (Å²) in [5.74, 6) is -5.67. The number of benzene rings is 1. The molecule has 0 aliphatic carbocycles. The molecule has 0 aromatic heterocycles. The average Bonchev–Trinajstić information content (AvgIpc) is 2.46. The van der Waals surface area contributed by atoms with Crippen molar-refractivity contribution in [3.8, 4) is 0 Å². The van der Waals surface area contributed by atoms with Crippen molar-refractivity contribution in [1.29, 1.82) is 0 Å². The van der Waals surface area contributed by atoms with Crippen molar-refractivity contribution in [3.63, 3.8) is 0 Å². The summed E-state index contributed by atoms with van der Waals surface area (Å²) in [6.07, 6.45) is -0.536. The highest BCUT2D eigenvalue weighted by Gasteiger charge is 2.34. The molecule has 0 spiro atoms. The van der Waals surface area contributed by atoms with Crippen LogP contribution >= 0.6 is 25.0 Å². The molecule has 1 aromatic carbocycles. The first-order valence-electron chi connectivity index (χ1n) is 6.83. The molecule has 7 nitrogen and oxygen atoms in total.